The van der Waals surface area contributed by atoms with Crippen molar-refractivity contribution in [3.05, 3.63) is 11.5 Å². The van der Waals surface area contributed by atoms with E-state index >= 15 is 0 Å². The summed E-state index contributed by atoms with van der Waals surface area (Å²) < 4.78 is 39.9. The van der Waals surface area contributed by atoms with Crippen LogP contribution in [-0.4, -0.2) is 48.9 Å². The number of hydrogen-bond acceptors (Lipinski definition) is 4. The highest BCUT2D eigenvalue weighted by Crippen LogP contribution is 2.62. The van der Waals surface area contributed by atoms with Crippen molar-refractivity contribution in [2.24, 2.45) is 5.41 Å². The second-order valence-corrected chi connectivity index (χ2v) is 6.33. The molecule has 20 heavy (non-hydrogen) atoms. The highest BCUT2D eigenvalue weighted by atomic mass is 19.1. The number of ether oxygens (including phenoxy) is 2. The molecule has 4 nitrogen and oxygen atoms in total. The molecule has 1 atom stereocenters. The van der Waals surface area contributed by atoms with Crippen molar-refractivity contribution in [3.63, 3.8) is 0 Å². The fraction of sp³-hybridized carbons (Fsp3) is 0.786. The van der Waals surface area contributed by atoms with Crippen LogP contribution in [-0.2, 0) is 9.47 Å². The molecule has 1 N–H and O–H groups in total. The molecule has 2 spiro atoms. The van der Waals surface area contributed by atoms with E-state index in [0.29, 0.717) is 26.3 Å². The molecule has 3 fully saturated rings. The number of allylic oxidation sites excluding steroid dienone is 2. The lowest BCUT2D eigenvalue weighted by atomic mass is 9.98. The third-order valence-corrected chi connectivity index (χ3v) is 5.02. The number of hydrogen-bond donors (Lipinski definition) is 1. The Bertz CT molecular complexity index is 495. The topological polar surface area (TPSA) is 45.6 Å². The fourth-order valence-corrected chi connectivity index (χ4v) is 3.88. The highest BCUT2D eigenvalue weighted by molar-refractivity contribution is 5.85. The normalized spacial score (nSPS) is 34.6. The smallest absolute Gasteiger partial charge is 0.193 e. The van der Waals surface area contributed by atoms with Crippen molar-refractivity contribution in [2.75, 3.05) is 26.3 Å². The van der Waals surface area contributed by atoms with Gasteiger partial charge >= 0.3 is 0 Å². The highest BCUT2D eigenvalue weighted by Gasteiger charge is 2.68. The van der Waals surface area contributed by atoms with Gasteiger partial charge in [-0.3, -0.25) is 0 Å². The Balaban J connectivity index is 1.65. The van der Waals surface area contributed by atoms with E-state index in [1.165, 1.54) is 0 Å². The zero-order chi connectivity index (χ0) is 14.0. The Labute approximate surface area is 116 Å². The molecule has 6 heteroatoms. The van der Waals surface area contributed by atoms with Gasteiger partial charge in [0.2, 0.25) is 0 Å². The van der Waals surface area contributed by atoms with E-state index in [4.69, 9.17) is 14.9 Å². The Morgan fingerprint density at radius 3 is 2.50 bits per heavy atom. The zero-order valence-electron chi connectivity index (χ0n) is 11.3. The monoisotopic (exact) mass is 284 g/mol. The van der Waals surface area contributed by atoms with Gasteiger partial charge in [-0.1, -0.05) is 0 Å². The molecule has 0 aromatic rings. The molecule has 2 aliphatic heterocycles. The summed E-state index contributed by atoms with van der Waals surface area (Å²) in [5, 5.41) is 7.48. The molecule has 4 aliphatic rings. The summed E-state index contributed by atoms with van der Waals surface area (Å²) in [7, 11) is 0. The predicted molar refractivity (Wildman–Crippen MR) is 67.9 cm³/mol. The Kier molecular flexibility index (Phi) is 2.55. The van der Waals surface area contributed by atoms with Crippen LogP contribution in [0.15, 0.2) is 11.5 Å². The third kappa shape index (κ3) is 1.61. The maximum atomic E-state index is 14.2. The molecule has 110 valence electrons. The molecule has 2 saturated heterocycles. The fourth-order valence-electron chi connectivity index (χ4n) is 3.88. The van der Waals surface area contributed by atoms with Crippen molar-refractivity contribution < 1.29 is 18.3 Å². The average Bonchev–Trinajstić information content (AvgIpc) is 2.88. The van der Waals surface area contributed by atoms with Crippen LogP contribution in [0.1, 0.15) is 25.7 Å². The van der Waals surface area contributed by atoms with E-state index in [2.05, 4.69) is 0 Å². The molecule has 0 amide bonds. The van der Waals surface area contributed by atoms with Crippen molar-refractivity contribution in [1.82, 2.24) is 4.90 Å². The summed E-state index contributed by atoms with van der Waals surface area (Å²) in [4.78, 5) is 1.77. The van der Waals surface area contributed by atoms with Gasteiger partial charge in [-0.2, -0.15) is 0 Å². The van der Waals surface area contributed by atoms with Gasteiger partial charge in [0.15, 0.2) is 5.79 Å². The summed E-state index contributed by atoms with van der Waals surface area (Å²) in [5.74, 6) is -1.16. The second-order valence-electron chi connectivity index (χ2n) is 6.33. The molecule has 1 unspecified atom stereocenters. The first-order valence-electron chi connectivity index (χ1n) is 7.17. The number of nitrogens with zero attached hydrogens (tertiary/aromatic N) is 1. The Hall–Kier alpha value is -1.01. The molecule has 0 aromatic carbocycles. The van der Waals surface area contributed by atoms with Crippen molar-refractivity contribution in [3.8, 4) is 0 Å². The van der Waals surface area contributed by atoms with Gasteiger partial charge in [0, 0.05) is 30.5 Å². The van der Waals surface area contributed by atoms with Crippen LogP contribution in [0, 0.1) is 10.8 Å². The quantitative estimate of drug-likeness (QED) is 0.802. The first-order chi connectivity index (χ1) is 9.55. The molecular weight excluding hydrogens is 266 g/mol. The first-order valence-corrected chi connectivity index (χ1v) is 7.17. The van der Waals surface area contributed by atoms with Gasteiger partial charge in [0.25, 0.3) is 0 Å². The summed E-state index contributed by atoms with van der Waals surface area (Å²) >= 11 is 0. The van der Waals surface area contributed by atoms with Gasteiger partial charge < -0.3 is 19.8 Å². The number of likely N-dealkylation sites (tertiary alicyclic amines) is 1. The van der Waals surface area contributed by atoms with E-state index in [1.54, 1.807) is 4.90 Å². The summed E-state index contributed by atoms with van der Waals surface area (Å²) in [6, 6.07) is 0. The third-order valence-electron chi connectivity index (χ3n) is 5.02. The maximum absolute atomic E-state index is 14.2. The van der Waals surface area contributed by atoms with E-state index in [9.17, 15) is 8.78 Å². The van der Waals surface area contributed by atoms with Crippen LogP contribution in [0.25, 0.3) is 0 Å². The molecular formula is C14H18F2N2O2. The van der Waals surface area contributed by atoms with Crippen LogP contribution in [0.2, 0.25) is 0 Å². The number of nitrogens with one attached hydrogen (secondary N) is 1. The van der Waals surface area contributed by atoms with Gasteiger partial charge in [0.05, 0.1) is 25.5 Å². The van der Waals surface area contributed by atoms with E-state index in [0.717, 1.165) is 12.8 Å². The van der Waals surface area contributed by atoms with E-state index in [1.807, 2.05) is 0 Å². The molecule has 0 bridgehead atoms. The lowest BCUT2D eigenvalue weighted by molar-refractivity contribution is -0.181. The van der Waals surface area contributed by atoms with Crippen LogP contribution < -0.4 is 0 Å². The SMILES string of the molecule is N=C1CC(F)=C(N2CC3(CC3)C3(C2)OCCO3)C(F)C1. The van der Waals surface area contributed by atoms with Gasteiger partial charge in [0.1, 0.15) is 12.0 Å². The molecule has 0 radical (unpaired) electrons. The van der Waals surface area contributed by atoms with Gasteiger partial charge in [-0.15, -0.1) is 0 Å². The first kappa shape index (κ1) is 12.7. The summed E-state index contributed by atoms with van der Waals surface area (Å²) in [6.45, 7) is 2.12. The van der Waals surface area contributed by atoms with E-state index < -0.39 is 17.8 Å². The van der Waals surface area contributed by atoms with Crippen LogP contribution in [0.4, 0.5) is 8.78 Å². The molecule has 2 aliphatic carbocycles. The summed E-state index contributed by atoms with van der Waals surface area (Å²) in [6.07, 6.45) is 0.509. The van der Waals surface area contributed by atoms with Crippen molar-refractivity contribution in [1.29, 1.82) is 5.41 Å². The lowest BCUT2D eigenvalue weighted by Crippen LogP contribution is -2.41. The van der Waals surface area contributed by atoms with Crippen LogP contribution >= 0.6 is 0 Å². The van der Waals surface area contributed by atoms with Gasteiger partial charge in [-0.05, 0) is 12.8 Å². The van der Waals surface area contributed by atoms with E-state index in [-0.39, 0.29) is 29.7 Å². The van der Waals surface area contributed by atoms with Crippen LogP contribution in [0.5, 0.6) is 0 Å². The number of fused-ring (bicyclic) bond motifs is 1. The zero-order valence-corrected chi connectivity index (χ0v) is 11.3. The van der Waals surface area contributed by atoms with Crippen LogP contribution in [0.3, 0.4) is 0 Å². The Morgan fingerprint density at radius 1 is 1.20 bits per heavy atom. The minimum absolute atomic E-state index is 0.000960. The van der Waals surface area contributed by atoms with Gasteiger partial charge in [-0.25, -0.2) is 8.78 Å². The maximum Gasteiger partial charge on any atom is 0.193 e. The standard InChI is InChI=1S/C14H18F2N2O2/c15-10-5-9(17)6-11(16)12(10)18-7-13(1-2-13)14(8-18)19-3-4-20-14/h10,17H,1-8H2. The second kappa shape index (κ2) is 4.01. The minimum atomic E-state index is -1.41. The number of alkyl halides is 1. The number of rotatable bonds is 1. The average molecular weight is 284 g/mol. The van der Waals surface area contributed by atoms with Crippen molar-refractivity contribution >= 4 is 5.71 Å². The Morgan fingerprint density at radius 2 is 1.90 bits per heavy atom. The lowest BCUT2D eigenvalue weighted by Gasteiger charge is -2.30. The largest absolute Gasteiger partial charge is 0.364 e. The van der Waals surface area contributed by atoms with Crippen molar-refractivity contribution in [2.45, 2.75) is 37.6 Å². The minimum Gasteiger partial charge on any atom is -0.364 e. The predicted octanol–water partition coefficient (Wildman–Crippen LogP) is 2.16. The molecule has 0 aromatic heterocycles. The summed E-state index contributed by atoms with van der Waals surface area (Å²) in [5.41, 5.74) is 0.173. The number of halogens is 2. The molecule has 1 saturated carbocycles. The molecule has 4 rings (SSSR count). The molecule has 2 heterocycles.